The van der Waals surface area contributed by atoms with Gasteiger partial charge in [-0.05, 0) is 49.8 Å². The van der Waals surface area contributed by atoms with Gasteiger partial charge >= 0.3 is 0 Å². The van der Waals surface area contributed by atoms with E-state index < -0.39 is 0 Å². The van der Waals surface area contributed by atoms with E-state index in [4.69, 9.17) is 14.5 Å². The van der Waals surface area contributed by atoms with Crippen LogP contribution in [0.2, 0.25) is 0 Å². The van der Waals surface area contributed by atoms with Gasteiger partial charge in [-0.15, -0.1) is 0 Å². The van der Waals surface area contributed by atoms with E-state index in [2.05, 4.69) is 46.7 Å². The van der Waals surface area contributed by atoms with Crippen molar-refractivity contribution in [3.63, 3.8) is 0 Å². The number of nitrogens with one attached hydrogen (secondary N) is 2. The summed E-state index contributed by atoms with van der Waals surface area (Å²) in [5.41, 5.74) is 2.57. The monoisotopic (exact) mass is 434 g/mol. The molecule has 7 heteroatoms. The van der Waals surface area contributed by atoms with Crippen molar-refractivity contribution in [2.45, 2.75) is 32.7 Å². The number of guanidine groups is 1. The van der Waals surface area contributed by atoms with Gasteiger partial charge in [0, 0.05) is 69.8 Å². The standard InChI is InChI=1S/C23H38N4O2S/c1-2-24-23(25-10-3-13-29-19-21-8-14-28-15-9-21)26-18-20-4-6-22(7-5-20)27-11-16-30-17-12-27/h4-7,21H,2-3,8-19H2,1H3,(H2,24,25,26). The molecule has 2 aliphatic rings. The van der Waals surface area contributed by atoms with Crippen molar-refractivity contribution in [2.75, 3.05) is 69.0 Å². The molecular formula is C23H38N4O2S. The third-order valence-corrected chi connectivity index (χ3v) is 6.47. The number of thioether (sulfide) groups is 1. The Labute approximate surface area is 186 Å². The zero-order valence-electron chi connectivity index (χ0n) is 18.4. The molecule has 0 atom stereocenters. The second-order valence-electron chi connectivity index (χ2n) is 7.87. The van der Waals surface area contributed by atoms with Crippen LogP contribution < -0.4 is 15.5 Å². The van der Waals surface area contributed by atoms with Crippen molar-refractivity contribution in [3.8, 4) is 0 Å². The second kappa shape index (κ2) is 13.8. The third kappa shape index (κ3) is 8.36. The van der Waals surface area contributed by atoms with Crippen molar-refractivity contribution in [2.24, 2.45) is 10.9 Å². The van der Waals surface area contributed by atoms with E-state index in [1.165, 1.54) is 22.8 Å². The number of hydrogen-bond acceptors (Lipinski definition) is 5. The fraction of sp³-hybridized carbons (Fsp3) is 0.696. The Morgan fingerprint density at radius 3 is 2.67 bits per heavy atom. The van der Waals surface area contributed by atoms with Gasteiger partial charge in [0.05, 0.1) is 6.54 Å². The van der Waals surface area contributed by atoms with Crippen LogP contribution in [0.15, 0.2) is 29.3 Å². The van der Waals surface area contributed by atoms with E-state index in [-0.39, 0.29) is 0 Å². The van der Waals surface area contributed by atoms with E-state index in [0.717, 1.165) is 77.8 Å². The number of hydrogen-bond donors (Lipinski definition) is 2. The minimum absolute atomic E-state index is 0.672. The summed E-state index contributed by atoms with van der Waals surface area (Å²) in [5, 5.41) is 6.75. The Bertz CT molecular complexity index is 614. The topological polar surface area (TPSA) is 58.1 Å². The lowest BCUT2D eigenvalue weighted by Crippen LogP contribution is -2.38. The zero-order chi connectivity index (χ0) is 20.9. The predicted molar refractivity (Wildman–Crippen MR) is 128 cm³/mol. The van der Waals surface area contributed by atoms with E-state index in [1.54, 1.807) is 0 Å². The quantitative estimate of drug-likeness (QED) is 0.335. The van der Waals surface area contributed by atoms with Gasteiger partial charge in [-0.2, -0.15) is 11.8 Å². The SMILES string of the molecule is CCNC(=NCc1ccc(N2CCSCC2)cc1)NCCCOCC1CCOCC1. The largest absolute Gasteiger partial charge is 0.381 e. The van der Waals surface area contributed by atoms with Crippen molar-refractivity contribution in [3.05, 3.63) is 29.8 Å². The maximum Gasteiger partial charge on any atom is 0.191 e. The Balaban J connectivity index is 1.35. The first kappa shape index (κ1) is 23.2. The summed E-state index contributed by atoms with van der Waals surface area (Å²) in [6.07, 6.45) is 3.25. The molecule has 2 N–H and O–H groups in total. The lowest BCUT2D eigenvalue weighted by molar-refractivity contribution is 0.0203. The van der Waals surface area contributed by atoms with Crippen LogP contribution in [0.5, 0.6) is 0 Å². The lowest BCUT2D eigenvalue weighted by atomic mass is 10.0. The molecule has 2 fully saturated rings. The van der Waals surface area contributed by atoms with E-state index in [1.807, 2.05) is 11.8 Å². The van der Waals surface area contributed by atoms with E-state index in [9.17, 15) is 0 Å². The second-order valence-corrected chi connectivity index (χ2v) is 9.10. The zero-order valence-corrected chi connectivity index (χ0v) is 19.2. The third-order valence-electron chi connectivity index (χ3n) is 5.53. The van der Waals surface area contributed by atoms with Gasteiger partial charge in [0.25, 0.3) is 0 Å². The fourth-order valence-corrected chi connectivity index (χ4v) is 4.59. The molecule has 0 bridgehead atoms. The van der Waals surface area contributed by atoms with Crippen LogP contribution in [0, 0.1) is 5.92 Å². The van der Waals surface area contributed by atoms with Gasteiger partial charge in [0.1, 0.15) is 0 Å². The first-order chi connectivity index (χ1) is 14.8. The fourth-order valence-electron chi connectivity index (χ4n) is 3.69. The van der Waals surface area contributed by atoms with Gasteiger partial charge in [0.15, 0.2) is 5.96 Å². The van der Waals surface area contributed by atoms with Crippen LogP contribution >= 0.6 is 11.8 Å². The van der Waals surface area contributed by atoms with Crippen LogP contribution in [0.4, 0.5) is 5.69 Å². The van der Waals surface area contributed by atoms with Gasteiger partial charge < -0.3 is 25.0 Å². The normalized spacial score (nSPS) is 18.4. The smallest absolute Gasteiger partial charge is 0.191 e. The molecule has 0 aliphatic carbocycles. The van der Waals surface area contributed by atoms with Gasteiger partial charge in [-0.1, -0.05) is 12.1 Å². The van der Waals surface area contributed by atoms with Crippen molar-refractivity contribution in [1.82, 2.24) is 10.6 Å². The summed E-state index contributed by atoms with van der Waals surface area (Å²) in [6.45, 7) is 10.2. The predicted octanol–water partition coefficient (Wildman–Crippen LogP) is 3.13. The van der Waals surface area contributed by atoms with Gasteiger partial charge in [0.2, 0.25) is 0 Å². The molecule has 2 aliphatic heterocycles. The molecule has 0 radical (unpaired) electrons. The summed E-state index contributed by atoms with van der Waals surface area (Å²) in [5.74, 6) is 4.00. The van der Waals surface area contributed by atoms with Crippen molar-refractivity contribution >= 4 is 23.4 Å². The lowest BCUT2D eigenvalue weighted by Gasteiger charge is -2.28. The molecule has 1 aromatic rings. The summed E-state index contributed by atoms with van der Waals surface area (Å²) < 4.78 is 11.2. The average Bonchev–Trinajstić information content (AvgIpc) is 2.81. The molecule has 3 rings (SSSR count). The molecule has 168 valence electrons. The number of aliphatic imine (C=N–C) groups is 1. The molecule has 30 heavy (non-hydrogen) atoms. The number of nitrogens with zero attached hydrogens (tertiary/aromatic N) is 2. The summed E-state index contributed by atoms with van der Waals surface area (Å²) in [4.78, 5) is 7.21. The summed E-state index contributed by atoms with van der Waals surface area (Å²) >= 11 is 2.04. The number of ether oxygens (including phenoxy) is 2. The van der Waals surface area contributed by atoms with Crippen LogP contribution in [0.1, 0.15) is 31.7 Å². The number of anilines is 1. The highest BCUT2D eigenvalue weighted by Gasteiger charge is 2.13. The minimum Gasteiger partial charge on any atom is -0.381 e. The molecule has 1 aromatic carbocycles. The average molecular weight is 435 g/mol. The van der Waals surface area contributed by atoms with Gasteiger partial charge in [-0.3, -0.25) is 0 Å². The maximum atomic E-state index is 5.84. The van der Waals surface area contributed by atoms with Crippen LogP contribution in [-0.4, -0.2) is 70.1 Å². The Morgan fingerprint density at radius 2 is 1.93 bits per heavy atom. The molecule has 0 unspecified atom stereocenters. The Morgan fingerprint density at radius 1 is 1.17 bits per heavy atom. The van der Waals surface area contributed by atoms with E-state index >= 15 is 0 Å². The van der Waals surface area contributed by atoms with Crippen molar-refractivity contribution in [1.29, 1.82) is 0 Å². The molecule has 0 spiro atoms. The first-order valence-electron chi connectivity index (χ1n) is 11.4. The van der Waals surface area contributed by atoms with Crippen molar-refractivity contribution < 1.29 is 9.47 Å². The molecule has 6 nitrogen and oxygen atoms in total. The van der Waals surface area contributed by atoms with Crippen LogP contribution in [-0.2, 0) is 16.0 Å². The Kier molecular flexibility index (Phi) is 10.7. The highest BCUT2D eigenvalue weighted by Crippen LogP contribution is 2.20. The summed E-state index contributed by atoms with van der Waals surface area (Å²) in [6, 6.07) is 8.87. The van der Waals surface area contributed by atoms with Gasteiger partial charge in [-0.25, -0.2) is 4.99 Å². The van der Waals surface area contributed by atoms with E-state index in [0.29, 0.717) is 12.5 Å². The molecule has 2 saturated heterocycles. The molecule has 0 aromatic heterocycles. The molecule has 2 heterocycles. The molecule has 0 saturated carbocycles. The number of benzene rings is 1. The first-order valence-corrected chi connectivity index (χ1v) is 12.6. The number of rotatable bonds is 10. The molecule has 0 amide bonds. The maximum absolute atomic E-state index is 5.84. The van der Waals surface area contributed by atoms with Crippen LogP contribution in [0.3, 0.4) is 0 Å². The van der Waals surface area contributed by atoms with Crippen LogP contribution in [0.25, 0.3) is 0 Å². The highest BCUT2D eigenvalue weighted by molar-refractivity contribution is 7.99. The Hall–Kier alpha value is -1.44. The highest BCUT2D eigenvalue weighted by atomic mass is 32.2. The minimum atomic E-state index is 0.672. The molecular weight excluding hydrogens is 396 g/mol. The summed E-state index contributed by atoms with van der Waals surface area (Å²) in [7, 11) is 0.